The molecule has 0 saturated heterocycles. The number of hydrogen-bond acceptors (Lipinski definition) is 4. The van der Waals surface area contributed by atoms with Gasteiger partial charge in [-0.2, -0.15) is 0 Å². The van der Waals surface area contributed by atoms with Crippen molar-refractivity contribution in [2.24, 2.45) is 16.3 Å². The van der Waals surface area contributed by atoms with Crippen LogP contribution < -0.4 is 11.1 Å². The van der Waals surface area contributed by atoms with Crippen LogP contribution in [-0.2, 0) is 4.79 Å². The molecule has 1 fully saturated rings. The number of oxime groups is 1. The van der Waals surface area contributed by atoms with Crippen LogP contribution in [0.25, 0.3) is 0 Å². The Labute approximate surface area is 107 Å². The van der Waals surface area contributed by atoms with E-state index in [1.165, 1.54) is 0 Å². The maximum absolute atomic E-state index is 12.2. The number of carbonyl (C=O) groups is 1. The molecule has 6 heteroatoms. The van der Waals surface area contributed by atoms with E-state index in [0.717, 1.165) is 19.3 Å². The van der Waals surface area contributed by atoms with Gasteiger partial charge < -0.3 is 21.4 Å². The Morgan fingerprint density at radius 2 is 2.11 bits per heavy atom. The van der Waals surface area contributed by atoms with E-state index in [1.807, 2.05) is 0 Å². The predicted molar refractivity (Wildman–Crippen MR) is 68.2 cm³/mol. The Morgan fingerprint density at radius 3 is 2.61 bits per heavy atom. The minimum atomic E-state index is -1.04. The average Bonchev–Trinajstić information content (AvgIpc) is 2.39. The first kappa shape index (κ1) is 14.8. The normalized spacial score (nSPS) is 28.5. The van der Waals surface area contributed by atoms with Crippen LogP contribution in [0.4, 0.5) is 0 Å². The van der Waals surface area contributed by atoms with Crippen molar-refractivity contribution < 1.29 is 15.1 Å². The summed E-state index contributed by atoms with van der Waals surface area (Å²) >= 11 is 0. The molecule has 0 heterocycles. The largest absolute Gasteiger partial charge is 0.409 e. The van der Waals surface area contributed by atoms with Gasteiger partial charge in [0.25, 0.3) is 0 Å². The van der Waals surface area contributed by atoms with Crippen molar-refractivity contribution in [3.8, 4) is 0 Å². The Balaban J connectivity index is 2.73. The molecule has 1 rings (SSSR count). The molecule has 0 aromatic heterocycles. The molecule has 0 bridgehead atoms. The van der Waals surface area contributed by atoms with Gasteiger partial charge in [0.15, 0.2) is 5.84 Å². The Morgan fingerprint density at radius 1 is 1.50 bits per heavy atom. The summed E-state index contributed by atoms with van der Waals surface area (Å²) in [7, 11) is 0. The fraction of sp³-hybridized carbons (Fsp3) is 0.833. The highest BCUT2D eigenvalue weighted by atomic mass is 16.4. The number of aliphatic hydroxyl groups excluding tert-OH is 1. The number of nitrogens with zero attached hydrogens (tertiary/aromatic N) is 1. The lowest BCUT2D eigenvalue weighted by Gasteiger charge is -2.32. The number of nitrogens with two attached hydrogens (primary N) is 1. The van der Waals surface area contributed by atoms with Crippen LogP contribution in [0, 0.1) is 5.41 Å². The highest BCUT2D eigenvalue weighted by Crippen LogP contribution is 2.24. The number of nitrogens with one attached hydrogen (secondary N) is 1. The average molecular weight is 257 g/mol. The van der Waals surface area contributed by atoms with Crippen LogP contribution in [0.5, 0.6) is 0 Å². The predicted octanol–water partition coefficient (Wildman–Crippen LogP) is 0.569. The Hall–Kier alpha value is -1.30. The molecule has 3 unspecified atom stereocenters. The monoisotopic (exact) mass is 257 g/mol. The molecular formula is C12H23N3O3. The SMILES string of the molecule is CCC(C)(C(=O)NC1CCCCC1O)C(N)=NO. The molecule has 0 aliphatic heterocycles. The van der Waals surface area contributed by atoms with E-state index >= 15 is 0 Å². The number of rotatable bonds is 4. The maximum Gasteiger partial charge on any atom is 0.233 e. The molecule has 0 radical (unpaired) electrons. The quantitative estimate of drug-likeness (QED) is 0.255. The summed E-state index contributed by atoms with van der Waals surface area (Å²) in [6, 6.07) is -0.233. The van der Waals surface area contributed by atoms with Gasteiger partial charge in [-0.1, -0.05) is 24.9 Å². The summed E-state index contributed by atoms with van der Waals surface area (Å²) < 4.78 is 0. The zero-order chi connectivity index (χ0) is 13.8. The summed E-state index contributed by atoms with van der Waals surface area (Å²) in [5.74, 6) is -0.404. The van der Waals surface area contributed by atoms with Gasteiger partial charge in [0.2, 0.25) is 5.91 Å². The van der Waals surface area contributed by atoms with Crippen molar-refractivity contribution >= 4 is 11.7 Å². The second-order valence-electron chi connectivity index (χ2n) is 5.10. The summed E-state index contributed by atoms with van der Waals surface area (Å²) in [6.45, 7) is 3.43. The molecule has 104 valence electrons. The molecule has 5 N–H and O–H groups in total. The number of amides is 1. The van der Waals surface area contributed by atoms with E-state index in [1.54, 1.807) is 13.8 Å². The minimum absolute atomic E-state index is 0.104. The summed E-state index contributed by atoms with van der Waals surface area (Å²) in [5, 5.41) is 24.3. The van der Waals surface area contributed by atoms with Crippen LogP contribution in [0.1, 0.15) is 46.0 Å². The lowest BCUT2D eigenvalue weighted by Crippen LogP contribution is -2.53. The van der Waals surface area contributed by atoms with Gasteiger partial charge in [0, 0.05) is 0 Å². The van der Waals surface area contributed by atoms with Crippen molar-refractivity contribution in [2.75, 3.05) is 0 Å². The van der Waals surface area contributed by atoms with E-state index < -0.39 is 11.5 Å². The zero-order valence-electron chi connectivity index (χ0n) is 11.0. The van der Waals surface area contributed by atoms with Crippen LogP contribution in [-0.4, -0.2) is 34.2 Å². The molecule has 0 aromatic rings. The number of hydrogen-bond donors (Lipinski definition) is 4. The van der Waals surface area contributed by atoms with Gasteiger partial charge in [0.1, 0.15) is 5.41 Å². The zero-order valence-corrected chi connectivity index (χ0v) is 11.0. The Kier molecular flexibility index (Phi) is 4.95. The topological polar surface area (TPSA) is 108 Å². The molecule has 0 spiro atoms. The van der Waals surface area contributed by atoms with Gasteiger partial charge in [0.05, 0.1) is 12.1 Å². The molecule has 1 saturated carbocycles. The highest BCUT2D eigenvalue weighted by molar-refractivity contribution is 6.06. The van der Waals surface area contributed by atoms with Crippen molar-refractivity contribution in [3.05, 3.63) is 0 Å². The van der Waals surface area contributed by atoms with E-state index in [9.17, 15) is 9.90 Å². The van der Waals surface area contributed by atoms with E-state index in [0.29, 0.717) is 12.8 Å². The second kappa shape index (κ2) is 6.04. The first-order valence-corrected chi connectivity index (χ1v) is 6.42. The third kappa shape index (κ3) is 2.93. The minimum Gasteiger partial charge on any atom is -0.409 e. The van der Waals surface area contributed by atoms with Crippen LogP contribution >= 0.6 is 0 Å². The van der Waals surface area contributed by atoms with E-state index in [4.69, 9.17) is 10.9 Å². The first-order valence-electron chi connectivity index (χ1n) is 6.42. The second-order valence-corrected chi connectivity index (χ2v) is 5.10. The van der Waals surface area contributed by atoms with Crippen LogP contribution in [0.15, 0.2) is 5.16 Å². The fourth-order valence-electron chi connectivity index (χ4n) is 2.18. The lowest BCUT2D eigenvalue weighted by atomic mass is 9.84. The summed E-state index contributed by atoms with van der Waals surface area (Å²) in [5.41, 5.74) is 4.54. The van der Waals surface area contributed by atoms with E-state index in [-0.39, 0.29) is 17.8 Å². The smallest absolute Gasteiger partial charge is 0.233 e. The van der Waals surface area contributed by atoms with Gasteiger partial charge in [-0.25, -0.2) is 0 Å². The van der Waals surface area contributed by atoms with Crippen molar-refractivity contribution in [3.63, 3.8) is 0 Å². The third-order valence-electron chi connectivity index (χ3n) is 3.93. The molecule has 1 amide bonds. The van der Waals surface area contributed by atoms with Crippen LogP contribution in [0.3, 0.4) is 0 Å². The molecule has 1 aliphatic rings. The lowest BCUT2D eigenvalue weighted by molar-refractivity contribution is -0.129. The number of aliphatic hydroxyl groups is 1. The molecule has 18 heavy (non-hydrogen) atoms. The summed E-state index contributed by atoms with van der Waals surface area (Å²) in [6.07, 6.45) is 3.38. The standard InChI is InChI=1S/C12H23N3O3/c1-3-12(2,10(13)15-18)11(17)14-8-6-4-5-7-9(8)16/h8-9,16,18H,3-7H2,1-2H3,(H2,13,15)(H,14,17). The molecule has 1 aliphatic carbocycles. The van der Waals surface area contributed by atoms with Gasteiger partial charge in [-0.05, 0) is 26.2 Å². The summed E-state index contributed by atoms with van der Waals surface area (Å²) in [4.78, 5) is 12.2. The third-order valence-corrected chi connectivity index (χ3v) is 3.93. The first-order chi connectivity index (χ1) is 8.45. The van der Waals surface area contributed by atoms with Gasteiger partial charge >= 0.3 is 0 Å². The molecule has 0 aromatic carbocycles. The fourth-order valence-corrected chi connectivity index (χ4v) is 2.18. The van der Waals surface area contributed by atoms with Gasteiger partial charge in [-0.3, -0.25) is 4.79 Å². The number of amidine groups is 1. The molecule has 6 nitrogen and oxygen atoms in total. The van der Waals surface area contributed by atoms with Crippen LogP contribution in [0.2, 0.25) is 0 Å². The molecular weight excluding hydrogens is 234 g/mol. The molecule has 3 atom stereocenters. The van der Waals surface area contributed by atoms with E-state index in [2.05, 4.69) is 10.5 Å². The highest BCUT2D eigenvalue weighted by Gasteiger charge is 2.38. The maximum atomic E-state index is 12.2. The van der Waals surface area contributed by atoms with Crippen molar-refractivity contribution in [1.29, 1.82) is 0 Å². The van der Waals surface area contributed by atoms with Crippen molar-refractivity contribution in [2.45, 2.75) is 58.1 Å². The number of carbonyl (C=O) groups excluding carboxylic acids is 1. The Bertz CT molecular complexity index is 333. The van der Waals surface area contributed by atoms with Gasteiger partial charge in [-0.15, -0.1) is 0 Å². The van der Waals surface area contributed by atoms with Crippen molar-refractivity contribution in [1.82, 2.24) is 5.32 Å².